The first-order valence-electron chi connectivity index (χ1n) is 11.1. The lowest BCUT2D eigenvalue weighted by molar-refractivity contribution is 0.0939. The Labute approximate surface area is 193 Å². The molecule has 0 aliphatic heterocycles. The minimum Gasteiger partial charge on any atom is -0.344 e. The van der Waals surface area contributed by atoms with Crippen LogP contribution in [0.25, 0.3) is 16.9 Å². The van der Waals surface area contributed by atoms with Crippen molar-refractivity contribution in [1.29, 1.82) is 0 Å². The standard InChI is InChI=1S/C26H28N6O/c1-17(2)11-22-7-8-30-32(22)23-13-20(24-6-5-18(3)15-29-24)12-21(14-23)26(33)31-19(4)25-16-27-9-10-28-25/h5-10,12-17,19H,11H2,1-4H3,(H,31,33). The van der Waals surface area contributed by atoms with Crippen molar-refractivity contribution in [3.63, 3.8) is 0 Å². The van der Waals surface area contributed by atoms with Gasteiger partial charge in [0.15, 0.2) is 0 Å². The average molecular weight is 441 g/mol. The summed E-state index contributed by atoms with van der Waals surface area (Å²) in [6.07, 6.45) is 9.40. The fourth-order valence-electron chi connectivity index (χ4n) is 3.68. The summed E-state index contributed by atoms with van der Waals surface area (Å²) in [5.41, 5.74) is 5.90. The van der Waals surface area contributed by atoms with Gasteiger partial charge in [0.25, 0.3) is 5.91 Å². The highest BCUT2D eigenvalue weighted by Crippen LogP contribution is 2.25. The van der Waals surface area contributed by atoms with Gasteiger partial charge in [-0.05, 0) is 62.1 Å². The van der Waals surface area contributed by atoms with Crippen LogP contribution in [-0.4, -0.2) is 30.6 Å². The highest BCUT2D eigenvalue weighted by Gasteiger charge is 2.17. The predicted octanol–water partition coefficient (Wildman–Crippen LogP) is 4.72. The molecule has 0 aliphatic carbocycles. The maximum Gasteiger partial charge on any atom is 0.251 e. The van der Waals surface area contributed by atoms with Crippen LogP contribution in [0.3, 0.4) is 0 Å². The van der Waals surface area contributed by atoms with E-state index in [1.807, 2.05) is 61.1 Å². The summed E-state index contributed by atoms with van der Waals surface area (Å²) in [6.45, 7) is 8.25. The van der Waals surface area contributed by atoms with Crippen LogP contribution in [0.15, 0.2) is 67.4 Å². The summed E-state index contributed by atoms with van der Waals surface area (Å²) in [4.78, 5) is 26.2. The van der Waals surface area contributed by atoms with E-state index >= 15 is 0 Å². The molecular weight excluding hydrogens is 412 g/mol. The largest absolute Gasteiger partial charge is 0.344 e. The van der Waals surface area contributed by atoms with Crippen molar-refractivity contribution >= 4 is 5.91 Å². The van der Waals surface area contributed by atoms with Gasteiger partial charge in [-0.1, -0.05) is 19.9 Å². The molecule has 0 fully saturated rings. The topological polar surface area (TPSA) is 85.6 Å². The maximum absolute atomic E-state index is 13.2. The fraction of sp³-hybridized carbons (Fsp3) is 0.269. The minimum absolute atomic E-state index is 0.194. The van der Waals surface area contributed by atoms with Gasteiger partial charge < -0.3 is 5.32 Å². The summed E-state index contributed by atoms with van der Waals surface area (Å²) in [7, 11) is 0. The highest BCUT2D eigenvalue weighted by molar-refractivity contribution is 5.96. The lowest BCUT2D eigenvalue weighted by Gasteiger charge is -2.16. The number of aromatic nitrogens is 5. The van der Waals surface area contributed by atoms with Gasteiger partial charge in [0.2, 0.25) is 0 Å². The van der Waals surface area contributed by atoms with Gasteiger partial charge in [0.05, 0.1) is 29.3 Å². The van der Waals surface area contributed by atoms with Gasteiger partial charge in [-0.3, -0.25) is 19.7 Å². The highest BCUT2D eigenvalue weighted by atomic mass is 16.1. The van der Waals surface area contributed by atoms with E-state index in [9.17, 15) is 4.79 Å². The fourth-order valence-corrected chi connectivity index (χ4v) is 3.68. The van der Waals surface area contributed by atoms with Gasteiger partial charge >= 0.3 is 0 Å². The number of hydrogen-bond donors (Lipinski definition) is 1. The third-order valence-electron chi connectivity index (χ3n) is 5.34. The first-order valence-corrected chi connectivity index (χ1v) is 11.1. The Kier molecular flexibility index (Phi) is 6.58. The van der Waals surface area contributed by atoms with Crippen molar-refractivity contribution in [2.45, 2.75) is 40.2 Å². The van der Waals surface area contributed by atoms with Crippen LogP contribution in [0.4, 0.5) is 0 Å². The van der Waals surface area contributed by atoms with Gasteiger partial charge in [-0.15, -0.1) is 0 Å². The van der Waals surface area contributed by atoms with Gasteiger partial charge in [-0.2, -0.15) is 5.10 Å². The van der Waals surface area contributed by atoms with E-state index in [2.05, 4.69) is 39.2 Å². The van der Waals surface area contributed by atoms with E-state index in [0.29, 0.717) is 17.2 Å². The lowest BCUT2D eigenvalue weighted by Crippen LogP contribution is -2.27. The molecule has 4 rings (SSSR count). The zero-order valence-electron chi connectivity index (χ0n) is 19.4. The second-order valence-electron chi connectivity index (χ2n) is 8.65. The number of rotatable bonds is 7. The molecule has 33 heavy (non-hydrogen) atoms. The number of nitrogens with one attached hydrogen (secondary N) is 1. The third kappa shape index (κ3) is 5.31. The van der Waals surface area contributed by atoms with Crippen LogP contribution in [-0.2, 0) is 6.42 Å². The van der Waals surface area contributed by atoms with Crippen molar-refractivity contribution < 1.29 is 4.79 Å². The Bertz CT molecular complexity index is 1230. The van der Waals surface area contributed by atoms with Gasteiger partial charge in [0.1, 0.15) is 0 Å². The number of aryl methyl sites for hydroxylation is 1. The van der Waals surface area contributed by atoms with E-state index in [1.54, 1.807) is 24.8 Å². The Balaban J connectivity index is 1.74. The summed E-state index contributed by atoms with van der Waals surface area (Å²) in [5.74, 6) is 0.291. The Morgan fingerprint density at radius 3 is 2.55 bits per heavy atom. The molecule has 4 aromatic rings. The molecule has 0 saturated heterocycles. The average Bonchev–Trinajstić information content (AvgIpc) is 3.27. The monoisotopic (exact) mass is 440 g/mol. The van der Waals surface area contributed by atoms with Crippen LogP contribution in [0.5, 0.6) is 0 Å². The predicted molar refractivity (Wildman–Crippen MR) is 128 cm³/mol. The molecule has 1 atom stereocenters. The molecule has 7 nitrogen and oxygen atoms in total. The van der Waals surface area contributed by atoms with E-state index in [0.717, 1.165) is 34.6 Å². The van der Waals surface area contributed by atoms with Crippen molar-refractivity contribution in [2.75, 3.05) is 0 Å². The Morgan fingerprint density at radius 1 is 1.00 bits per heavy atom. The third-order valence-corrected chi connectivity index (χ3v) is 5.34. The van der Waals surface area contributed by atoms with Crippen LogP contribution < -0.4 is 5.32 Å². The minimum atomic E-state index is -0.281. The zero-order chi connectivity index (χ0) is 23.4. The van der Waals surface area contributed by atoms with Crippen molar-refractivity contribution in [1.82, 2.24) is 30.0 Å². The quantitative estimate of drug-likeness (QED) is 0.449. The number of benzene rings is 1. The number of pyridine rings is 1. The van der Waals surface area contributed by atoms with Crippen molar-refractivity contribution in [2.24, 2.45) is 5.92 Å². The van der Waals surface area contributed by atoms with Crippen molar-refractivity contribution in [3.8, 4) is 16.9 Å². The molecule has 168 valence electrons. The number of nitrogens with zero attached hydrogens (tertiary/aromatic N) is 5. The molecule has 1 amide bonds. The summed E-state index contributed by atoms with van der Waals surface area (Å²) < 4.78 is 1.90. The van der Waals surface area contributed by atoms with E-state index in [1.165, 1.54) is 0 Å². The molecule has 1 aromatic carbocycles. The van der Waals surface area contributed by atoms with Gasteiger partial charge in [0, 0.05) is 41.6 Å². The second kappa shape index (κ2) is 9.73. The van der Waals surface area contributed by atoms with Crippen LogP contribution in [0, 0.1) is 12.8 Å². The summed E-state index contributed by atoms with van der Waals surface area (Å²) >= 11 is 0. The Hall–Kier alpha value is -3.87. The SMILES string of the molecule is Cc1ccc(-c2cc(C(=O)NC(C)c3cnccn3)cc(-n3nccc3CC(C)C)c2)nc1. The second-order valence-corrected chi connectivity index (χ2v) is 8.65. The van der Waals surface area contributed by atoms with Gasteiger partial charge in [-0.25, -0.2) is 4.68 Å². The normalized spacial score (nSPS) is 12.0. The zero-order valence-corrected chi connectivity index (χ0v) is 19.4. The first-order chi connectivity index (χ1) is 15.9. The number of carbonyl (C=O) groups is 1. The smallest absolute Gasteiger partial charge is 0.251 e. The molecule has 1 N–H and O–H groups in total. The molecule has 7 heteroatoms. The molecule has 0 bridgehead atoms. The lowest BCUT2D eigenvalue weighted by atomic mass is 10.0. The van der Waals surface area contributed by atoms with Crippen LogP contribution in [0.2, 0.25) is 0 Å². The van der Waals surface area contributed by atoms with Crippen molar-refractivity contribution in [3.05, 3.63) is 89.9 Å². The summed E-state index contributed by atoms with van der Waals surface area (Å²) in [5, 5.41) is 7.57. The number of hydrogen-bond acceptors (Lipinski definition) is 5. The van der Waals surface area contributed by atoms with Crippen LogP contribution >= 0.6 is 0 Å². The summed E-state index contributed by atoms with van der Waals surface area (Å²) in [6, 6.07) is 11.5. The maximum atomic E-state index is 13.2. The number of carbonyl (C=O) groups excluding carboxylic acids is 1. The molecule has 0 saturated carbocycles. The molecule has 1 unspecified atom stereocenters. The number of amides is 1. The molecule has 0 radical (unpaired) electrons. The van der Waals surface area contributed by atoms with E-state index in [4.69, 9.17) is 0 Å². The first kappa shape index (κ1) is 22.3. The molecular formula is C26H28N6O. The van der Waals surface area contributed by atoms with E-state index in [-0.39, 0.29) is 11.9 Å². The molecule has 3 heterocycles. The molecule has 0 spiro atoms. The Morgan fingerprint density at radius 2 is 1.85 bits per heavy atom. The molecule has 0 aliphatic rings. The van der Waals surface area contributed by atoms with E-state index < -0.39 is 0 Å². The molecule has 3 aromatic heterocycles. The van der Waals surface area contributed by atoms with Crippen LogP contribution in [0.1, 0.15) is 54.1 Å².